The molecule has 4 atom stereocenters. The van der Waals surface area contributed by atoms with Crippen molar-refractivity contribution in [1.82, 2.24) is 0 Å². The van der Waals surface area contributed by atoms with E-state index in [9.17, 15) is 8.42 Å². The minimum atomic E-state index is -3.40. The average molecular weight is 393 g/mol. The van der Waals surface area contributed by atoms with Gasteiger partial charge in [-0.25, -0.2) is 8.42 Å². The van der Waals surface area contributed by atoms with Crippen molar-refractivity contribution in [3.63, 3.8) is 0 Å². The smallest absolute Gasteiger partial charge is 0.209 e. The van der Waals surface area contributed by atoms with E-state index in [0.29, 0.717) is 11.9 Å². The van der Waals surface area contributed by atoms with Crippen molar-refractivity contribution in [2.45, 2.75) is 29.7 Å². The molecule has 8 heteroatoms. The number of hydrogen-bond acceptors (Lipinski definition) is 6. The molecule has 2 aliphatic heterocycles. The molecule has 6 nitrogen and oxygen atoms in total. The first kappa shape index (κ1) is 16.4. The van der Waals surface area contributed by atoms with E-state index in [-0.39, 0.29) is 23.4 Å². The van der Waals surface area contributed by atoms with Gasteiger partial charge in [-0.15, -0.1) is 0 Å². The summed E-state index contributed by atoms with van der Waals surface area (Å²) in [5, 5.41) is 0.669. The molecule has 0 amide bonds. The summed E-state index contributed by atoms with van der Waals surface area (Å²) in [5.74, 6) is -0.123. The van der Waals surface area contributed by atoms with Gasteiger partial charge in [-0.3, -0.25) is 0 Å². The van der Waals surface area contributed by atoms with Crippen LogP contribution in [0.1, 0.15) is 0 Å². The fraction of sp³-hybridized carbons (Fsp3) is 0.571. The van der Waals surface area contributed by atoms with Crippen LogP contribution in [0.25, 0.3) is 0 Å². The van der Waals surface area contributed by atoms with Gasteiger partial charge in [0.25, 0.3) is 0 Å². The van der Waals surface area contributed by atoms with Gasteiger partial charge >= 0.3 is 0 Å². The van der Waals surface area contributed by atoms with Crippen molar-refractivity contribution >= 4 is 25.8 Å². The Morgan fingerprint density at radius 2 is 1.59 bits per heavy atom. The predicted octanol–water partition coefficient (Wildman–Crippen LogP) is 1.34. The van der Waals surface area contributed by atoms with Gasteiger partial charge in [-0.1, -0.05) is 34.1 Å². The van der Waals surface area contributed by atoms with Crippen molar-refractivity contribution in [3.05, 3.63) is 30.3 Å². The minimum absolute atomic E-state index is 0.0377. The van der Waals surface area contributed by atoms with E-state index in [2.05, 4.69) is 15.9 Å². The lowest BCUT2D eigenvalue weighted by Crippen LogP contribution is -2.31. The largest absolute Gasteiger partial charge is 0.345 e. The van der Waals surface area contributed by atoms with Crippen molar-refractivity contribution < 1.29 is 27.4 Å². The van der Waals surface area contributed by atoms with Gasteiger partial charge in [-0.05, 0) is 12.1 Å². The van der Waals surface area contributed by atoms with Gasteiger partial charge in [0.1, 0.15) is 0 Å². The molecule has 0 radical (unpaired) electrons. The Morgan fingerprint density at radius 1 is 1.00 bits per heavy atom. The lowest BCUT2D eigenvalue weighted by atomic mass is 10.4. The van der Waals surface area contributed by atoms with Crippen LogP contribution < -0.4 is 0 Å². The second kappa shape index (κ2) is 6.94. The normalized spacial score (nSPS) is 32.4. The molecule has 0 saturated carbocycles. The summed E-state index contributed by atoms with van der Waals surface area (Å²) in [7, 11) is -3.40. The number of sulfone groups is 1. The van der Waals surface area contributed by atoms with Crippen LogP contribution in [-0.2, 0) is 28.8 Å². The highest BCUT2D eigenvalue weighted by Gasteiger charge is 2.40. The van der Waals surface area contributed by atoms with Crippen molar-refractivity contribution in [2.24, 2.45) is 0 Å². The lowest BCUT2D eigenvalue weighted by molar-refractivity contribution is -0.211. The SMILES string of the molecule is O=S(=O)(CC1COC(C2OCC(CBr)O2)O1)c1ccccc1. The van der Waals surface area contributed by atoms with Crippen LogP contribution >= 0.6 is 15.9 Å². The third-order valence-corrected chi connectivity index (χ3v) is 5.97. The van der Waals surface area contributed by atoms with Crippen LogP contribution in [0.5, 0.6) is 0 Å². The Balaban J connectivity index is 1.57. The highest BCUT2D eigenvalue weighted by molar-refractivity contribution is 9.09. The molecule has 4 unspecified atom stereocenters. The molecule has 122 valence electrons. The first-order chi connectivity index (χ1) is 10.6. The highest BCUT2D eigenvalue weighted by atomic mass is 79.9. The molecule has 0 aromatic heterocycles. The summed E-state index contributed by atoms with van der Waals surface area (Å²) in [4.78, 5) is 0.287. The molecule has 22 heavy (non-hydrogen) atoms. The van der Waals surface area contributed by atoms with Gasteiger partial charge < -0.3 is 18.9 Å². The van der Waals surface area contributed by atoms with Crippen LogP contribution in [0.2, 0.25) is 0 Å². The van der Waals surface area contributed by atoms with E-state index in [0.717, 1.165) is 0 Å². The Kier molecular flexibility index (Phi) is 5.16. The minimum Gasteiger partial charge on any atom is -0.345 e. The molecule has 1 aromatic rings. The Hall–Kier alpha value is -0.510. The Morgan fingerprint density at radius 3 is 2.18 bits per heavy atom. The Bertz CT molecular complexity index is 593. The number of ether oxygens (including phenoxy) is 4. The van der Waals surface area contributed by atoms with Gasteiger partial charge in [0, 0.05) is 5.33 Å². The zero-order valence-electron chi connectivity index (χ0n) is 11.8. The zero-order valence-corrected chi connectivity index (χ0v) is 14.2. The monoisotopic (exact) mass is 392 g/mol. The molecular weight excluding hydrogens is 376 g/mol. The van der Waals surface area contributed by atoms with E-state index in [1.165, 1.54) is 0 Å². The molecule has 2 fully saturated rings. The molecule has 0 aliphatic carbocycles. The van der Waals surface area contributed by atoms with Gasteiger partial charge in [0.2, 0.25) is 12.6 Å². The summed E-state index contributed by atoms with van der Waals surface area (Å²) in [6, 6.07) is 8.32. The van der Waals surface area contributed by atoms with Crippen LogP contribution in [-0.4, -0.2) is 57.5 Å². The fourth-order valence-electron chi connectivity index (χ4n) is 2.36. The van der Waals surface area contributed by atoms with Crippen molar-refractivity contribution in [3.8, 4) is 0 Å². The number of alkyl halides is 1. The molecule has 0 N–H and O–H groups in total. The van der Waals surface area contributed by atoms with Gasteiger partial charge in [-0.2, -0.15) is 0 Å². The summed E-state index contributed by atoms with van der Waals surface area (Å²) in [6.07, 6.45) is -1.85. The molecule has 2 saturated heterocycles. The lowest BCUT2D eigenvalue weighted by Gasteiger charge is -2.17. The van der Waals surface area contributed by atoms with Crippen LogP contribution in [0.3, 0.4) is 0 Å². The third-order valence-electron chi connectivity index (χ3n) is 3.45. The van der Waals surface area contributed by atoms with Gasteiger partial charge in [0.05, 0.1) is 36.1 Å². The molecule has 0 bridgehead atoms. The quantitative estimate of drug-likeness (QED) is 0.704. The third kappa shape index (κ3) is 3.69. The van der Waals surface area contributed by atoms with Crippen LogP contribution in [0, 0.1) is 0 Å². The van der Waals surface area contributed by atoms with E-state index in [4.69, 9.17) is 18.9 Å². The maximum atomic E-state index is 12.3. The Labute approximate surface area is 137 Å². The standard InChI is InChI=1S/C14H17BrO6S/c15-6-10-7-18-13(20-10)14-19-8-11(21-14)9-22(16,17)12-4-2-1-3-5-12/h1-5,10-11,13-14H,6-9H2. The van der Waals surface area contributed by atoms with Crippen LogP contribution in [0.4, 0.5) is 0 Å². The predicted molar refractivity (Wildman–Crippen MR) is 81.5 cm³/mol. The topological polar surface area (TPSA) is 71.1 Å². The number of halogens is 1. The molecule has 1 aromatic carbocycles. The van der Waals surface area contributed by atoms with Crippen molar-refractivity contribution in [2.75, 3.05) is 24.3 Å². The van der Waals surface area contributed by atoms with E-state index in [1.54, 1.807) is 30.3 Å². The average Bonchev–Trinajstić information content (AvgIpc) is 3.16. The number of rotatable bonds is 5. The maximum Gasteiger partial charge on any atom is 0.209 e. The first-order valence-corrected chi connectivity index (χ1v) is 9.74. The zero-order chi connectivity index (χ0) is 15.6. The van der Waals surface area contributed by atoms with Crippen LogP contribution in [0.15, 0.2) is 35.2 Å². The molecule has 0 spiro atoms. The number of hydrogen-bond donors (Lipinski definition) is 0. The summed E-state index contributed by atoms with van der Waals surface area (Å²) >= 11 is 3.32. The van der Waals surface area contributed by atoms with Gasteiger partial charge in [0.15, 0.2) is 9.84 Å². The second-order valence-electron chi connectivity index (χ2n) is 5.17. The van der Waals surface area contributed by atoms with E-state index < -0.39 is 28.5 Å². The highest BCUT2D eigenvalue weighted by Crippen LogP contribution is 2.25. The molecule has 2 aliphatic rings. The maximum absolute atomic E-state index is 12.3. The number of benzene rings is 1. The molecule has 2 heterocycles. The van der Waals surface area contributed by atoms with Crippen molar-refractivity contribution in [1.29, 1.82) is 0 Å². The molecule has 3 rings (SSSR count). The summed E-state index contributed by atoms with van der Waals surface area (Å²) < 4.78 is 46.8. The van der Waals surface area contributed by atoms with E-state index in [1.807, 2.05) is 0 Å². The molecular formula is C14H17BrO6S. The first-order valence-electron chi connectivity index (χ1n) is 6.96. The summed E-state index contributed by atoms with van der Waals surface area (Å²) in [5.41, 5.74) is 0. The second-order valence-corrected chi connectivity index (χ2v) is 7.85. The fourth-order valence-corrected chi connectivity index (χ4v) is 4.13. The van der Waals surface area contributed by atoms with E-state index >= 15 is 0 Å². The summed E-state index contributed by atoms with van der Waals surface area (Å²) in [6.45, 7) is 0.672.